The average Bonchev–Trinajstić information content (AvgIpc) is 2.74. The van der Waals surface area contributed by atoms with Gasteiger partial charge in [-0.25, -0.2) is 0 Å². The maximum atomic E-state index is 3.11. The van der Waals surface area contributed by atoms with Crippen molar-refractivity contribution in [3.05, 3.63) is 66.9 Å². The minimum atomic E-state index is 1.19. The van der Waals surface area contributed by atoms with Gasteiger partial charge in [0.15, 0.2) is 0 Å². The molecule has 1 heteroatoms. The predicted octanol–water partition coefficient (Wildman–Crippen LogP) is 3.43. The standard InChI is InChI=1S/C14H10N/c1-2-7-13(8-3-1)15-11-10-12-6-4-5-9-14(12)15/h1-4,6-11H. The highest BCUT2D eigenvalue weighted by Gasteiger charge is 2.00. The normalized spacial score (nSPS) is 10.7. The van der Waals surface area contributed by atoms with Crippen molar-refractivity contribution in [2.75, 3.05) is 0 Å². The smallest absolute Gasteiger partial charge is 0.0534 e. The molecular formula is C14H10N. The molecular weight excluding hydrogens is 182 g/mol. The summed E-state index contributed by atoms with van der Waals surface area (Å²) in [6.45, 7) is 0. The molecule has 0 aliphatic rings. The fourth-order valence-corrected chi connectivity index (χ4v) is 1.83. The zero-order valence-electron chi connectivity index (χ0n) is 8.22. The molecule has 3 rings (SSSR count). The first kappa shape index (κ1) is 8.30. The van der Waals surface area contributed by atoms with E-state index in [-0.39, 0.29) is 0 Å². The molecule has 0 fully saturated rings. The molecule has 0 saturated heterocycles. The van der Waals surface area contributed by atoms with Gasteiger partial charge in [0, 0.05) is 11.9 Å². The maximum Gasteiger partial charge on any atom is 0.0534 e. The molecule has 2 aromatic carbocycles. The van der Waals surface area contributed by atoms with Crippen LogP contribution in [0, 0.1) is 6.07 Å². The van der Waals surface area contributed by atoms with Crippen LogP contribution in [0.4, 0.5) is 0 Å². The Morgan fingerprint density at radius 3 is 2.67 bits per heavy atom. The molecule has 0 N–H and O–H groups in total. The van der Waals surface area contributed by atoms with Crippen LogP contribution in [0.15, 0.2) is 60.8 Å². The van der Waals surface area contributed by atoms with Crippen LogP contribution >= 0.6 is 0 Å². The van der Waals surface area contributed by atoms with Crippen molar-refractivity contribution in [2.45, 2.75) is 0 Å². The van der Waals surface area contributed by atoms with E-state index in [0.717, 1.165) is 0 Å². The summed E-state index contributed by atoms with van der Waals surface area (Å²) < 4.78 is 2.17. The van der Waals surface area contributed by atoms with Gasteiger partial charge in [0.1, 0.15) is 0 Å². The molecule has 0 bridgehead atoms. The van der Waals surface area contributed by atoms with E-state index < -0.39 is 0 Å². The van der Waals surface area contributed by atoms with Gasteiger partial charge in [-0.15, -0.1) is 0 Å². The topological polar surface area (TPSA) is 4.93 Å². The zero-order chi connectivity index (χ0) is 10.1. The molecule has 0 atom stereocenters. The molecule has 3 aromatic rings. The van der Waals surface area contributed by atoms with Gasteiger partial charge in [-0.3, -0.25) is 0 Å². The number of fused-ring (bicyclic) bond motifs is 1. The molecule has 1 aromatic heterocycles. The Balaban J connectivity index is 2.28. The molecule has 0 unspecified atom stereocenters. The number of hydrogen-bond donors (Lipinski definition) is 0. The summed E-state index contributed by atoms with van der Waals surface area (Å²) in [5.41, 5.74) is 2.39. The lowest BCUT2D eigenvalue weighted by Crippen LogP contribution is -1.89. The van der Waals surface area contributed by atoms with Gasteiger partial charge < -0.3 is 4.57 Å². The molecule has 1 nitrogen and oxygen atoms in total. The minimum absolute atomic E-state index is 1.19. The van der Waals surface area contributed by atoms with Crippen molar-refractivity contribution < 1.29 is 0 Å². The Labute approximate surface area is 88.6 Å². The van der Waals surface area contributed by atoms with Crippen molar-refractivity contribution in [1.29, 1.82) is 0 Å². The summed E-state index contributed by atoms with van der Waals surface area (Å²) in [7, 11) is 0. The highest BCUT2D eigenvalue weighted by atomic mass is 15.0. The molecule has 0 saturated carbocycles. The summed E-state index contributed by atoms with van der Waals surface area (Å²) in [5, 5.41) is 1.25. The second-order valence-electron chi connectivity index (χ2n) is 3.51. The second kappa shape index (κ2) is 3.28. The van der Waals surface area contributed by atoms with E-state index in [1.165, 1.54) is 16.6 Å². The number of nitrogens with zero attached hydrogens (tertiary/aromatic N) is 1. The first-order valence-corrected chi connectivity index (χ1v) is 4.98. The molecule has 1 heterocycles. The molecule has 1 radical (unpaired) electrons. The predicted molar refractivity (Wildman–Crippen MR) is 62.1 cm³/mol. The first-order valence-electron chi connectivity index (χ1n) is 4.98. The first-order chi connectivity index (χ1) is 7.45. The lowest BCUT2D eigenvalue weighted by atomic mass is 10.2. The van der Waals surface area contributed by atoms with Gasteiger partial charge in [-0.2, -0.15) is 0 Å². The van der Waals surface area contributed by atoms with E-state index in [1.807, 2.05) is 30.3 Å². The van der Waals surface area contributed by atoms with Crippen molar-refractivity contribution >= 4 is 10.9 Å². The lowest BCUT2D eigenvalue weighted by Gasteiger charge is -2.04. The van der Waals surface area contributed by atoms with Crippen LogP contribution < -0.4 is 0 Å². The Morgan fingerprint density at radius 1 is 0.933 bits per heavy atom. The quantitative estimate of drug-likeness (QED) is 0.556. The maximum absolute atomic E-state index is 3.11. The van der Waals surface area contributed by atoms with Crippen molar-refractivity contribution in [3.8, 4) is 5.69 Å². The van der Waals surface area contributed by atoms with Crippen molar-refractivity contribution in [2.24, 2.45) is 0 Å². The van der Waals surface area contributed by atoms with Crippen LogP contribution in [0.2, 0.25) is 0 Å². The highest BCUT2D eigenvalue weighted by molar-refractivity contribution is 5.81. The summed E-state index contributed by atoms with van der Waals surface area (Å²) in [5.74, 6) is 0. The van der Waals surface area contributed by atoms with Crippen molar-refractivity contribution in [1.82, 2.24) is 4.57 Å². The zero-order valence-corrected chi connectivity index (χ0v) is 8.22. The van der Waals surface area contributed by atoms with Gasteiger partial charge in [0.05, 0.1) is 5.52 Å². The molecule has 15 heavy (non-hydrogen) atoms. The molecule has 0 aliphatic carbocycles. The van der Waals surface area contributed by atoms with E-state index in [9.17, 15) is 0 Å². The Morgan fingerprint density at radius 2 is 1.80 bits per heavy atom. The molecule has 0 spiro atoms. The number of para-hydroxylation sites is 1. The Hall–Kier alpha value is -2.02. The molecule has 71 valence electrons. The van der Waals surface area contributed by atoms with Crippen LogP contribution in [-0.2, 0) is 0 Å². The van der Waals surface area contributed by atoms with E-state index in [4.69, 9.17) is 0 Å². The van der Waals surface area contributed by atoms with Gasteiger partial charge in [0.25, 0.3) is 0 Å². The summed E-state index contributed by atoms with van der Waals surface area (Å²) in [6.07, 6.45) is 2.09. The SMILES string of the molecule is [c]1ccc2ccn(-c3ccccc3)c2c1. The third kappa shape index (κ3) is 1.33. The number of benzene rings is 2. The van der Waals surface area contributed by atoms with E-state index >= 15 is 0 Å². The van der Waals surface area contributed by atoms with E-state index in [2.05, 4.69) is 41.1 Å². The van der Waals surface area contributed by atoms with Crippen LogP contribution in [0.1, 0.15) is 0 Å². The van der Waals surface area contributed by atoms with E-state index in [0.29, 0.717) is 0 Å². The number of aromatic nitrogens is 1. The summed E-state index contributed by atoms with van der Waals surface area (Å²) in [6, 6.07) is 21.6. The number of hydrogen-bond acceptors (Lipinski definition) is 0. The van der Waals surface area contributed by atoms with Gasteiger partial charge in [0.2, 0.25) is 0 Å². The van der Waals surface area contributed by atoms with Gasteiger partial charge in [-0.1, -0.05) is 30.3 Å². The minimum Gasteiger partial charge on any atom is -0.317 e. The molecule has 0 amide bonds. The Bertz CT molecular complexity index is 578. The van der Waals surface area contributed by atoms with Gasteiger partial charge >= 0.3 is 0 Å². The van der Waals surface area contributed by atoms with Crippen LogP contribution in [0.3, 0.4) is 0 Å². The molecule has 0 aliphatic heterocycles. The number of rotatable bonds is 1. The van der Waals surface area contributed by atoms with E-state index in [1.54, 1.807) is 0 Å². The average molecular weight is 192 g/mol. The third-order valence-corrected chi connectivity index (χ3v) is 2.57. The fourth-order valence-electron chi connectivity index (χ4n) is 1.83. The largest absolute Gasteiger partial charge is 0.317 e. The Kier molecular flexibility index (Phi) is 1.82. The fraction of sp³-hybridized carbons (Fsp3) is 0. The second-order valence-corrected chi connectivity index (χ2v) is 3.51. The van der Waals surface area contributed by atoms with Crippen molar-refractivity contribution in [3.63, 3.8) is 0 Å². The van der Waals surface area contributed by atoms with Crippen LogP contribution in [-0.4, -0.2) is 4.57 Å². The summed E-state index contributed by atoms with van der Waals surface area (Å²) in [4.78, 5) is 0. The monoisotopic (exact) mass is 192 g/mol. The van der Waals surface area contributed by atoms with Crippen LogP contribution in [0.5, 0.6) is 0 Å². The summed E-state index contributed by atoms with van der Waals surface area (Å²) >= 11 is 0. The third-order valence-electron chi connectivity index (χ3n) is 2.57. The van der Waals surface area contributed by atoms with Crippen LogP contribution in [0.25, 0.3) is 16.6 Å². The highest BCUT2D eigenvalue weighted by Crippen LogP contribution is 2.19. The van der Waals surface area contributed by atoms with Gasteiger partial charge in [-0.05, 0) is 35.7 Å². The lowest BCUT2D eigenvalue weighted by molar-refractivity contribution is 1.13.